The molecule has 0 aliphatic heterocycles. The Balaban J connectivity index is 1.54. The first-order valence-corrected chi connectivity index (χ1v) is 10.1. The van der Waals surface area contributed by atoms with E-state index in [4.69, 9.17) is 0 Å². The number of rotatable bonds is 6. The number of amides is 1. The summed E-state index contributed by atoms with van der Waals surface area (Å²) in [6.45, 7) is 0. The average molecular weight is 418 g/mol. The maximum absolute atomic E-state index is 13.4. The molecule has 1 unspecified atom stereocenters. The topological polar surface area (TPSA) is 59.8 Å². The second-order valence-corrected chi connectivity index (χ2v) is 7.74. The first-order valence-electron chi connectivity index (χ1n) is 9.32. The molecule has 2 aromatic carbocycles. The Kier molecular flexibility index (Phi) is 5.90. The van der Waals surface area contributed by atoms with Crippen LogP contribution in [0.2, 0.25) is 0 Å². The predicted molar refractivity (Wildman–Crippen MR) is 114 cm³/mol. The lowest BCUT2D eigenvalue weighted by Crippen LogP contribution is -2.31. The first kappa shape index (κ1) is 19.8. The van der Waals surface area contributed by atoms with Crippen molar-refractivity contribution < 1.29 is 9.18 Å². The van der Waals surface area contributed by atoms with E-state index in [-0.39, 0.29) is 11.7 Å². The van der Waals surface area contributed by atoms with Crippen LogP contribution in [-0.2, 0) is 7.05 Å². The Bertz CT molecular complexity index is 1130. The van der Waals surface area contributed by atoms with Crippen molar-refractivity contribution in [2.75, 3.05) is 0 Å². The molecule has 0 spiro atoms. The van der Waals surface area contributed by atoms with E-state index in [0.717, 1.165) is 15.5 Å². The van der Waals surface area contributed by atoms with Crippen LogP contribution in [0.25, 0.3) is 0 Å². The molecule has 0 saturated carbocycles. The smallest absolute Gasteiger partial charge is 0.252 e. The molecule has 5 nitrogen and oxygen atoms in total. The van der Waals surface area contributed by atoms with E-state index >= 15 is 0 Å². The highest BCUT2D eigenvalue weighted by atomic mass is 32.2. The zero-order chi connectivity index (χ0) is 20.9. The normalized spacial score (nSPS) is 11.8. The standard InChI is InChI=1S/C23H19FN4OS/c1-28-15-14-26-22(28)21(16-5-9-18(24)10-6-16)27-23(29)17-7-11-19(12-8-17)30-20-4-2-3-13-25-20/h2-15,21H,1H3,(H,27,29). The maximum atomic E-state index is 13.4. The number of nitrogens with one attached hydrogen (secondary N) is 1. The van der Waals surface area contributed by atoms with Crippen LogP contribution in [-0.4, -0.2) is 20.4 Å². The molecule has 0 aliphatic rings. The van der Waals surface area contributed by atoms with Crippen LogP contribution in [0.1, 0.15) is 27.8 Å². The lowest BCUT2D eigenvalue weighted by molar-refractivity contribution is 0.0941. The van der Waals surface area contributed by atoms with Crippen LogP contribution < -0.4 is 5.32 Å². The largest absolute Gasteiger partial charge is 0.338 e. The molecule has 2 heterocycles. The summed E-state index contributed by atoms with van der Waals surface area (Å²) < 4.78 is 15.2. The number of pyridine rings is 1. The minimum Gasteiger partial charge on any atom is -0.338 e. The molecule has 1 amide bonds. The van der Waals surface area contributed by atoms with Crippen molar-refractivity contribution in [3.63, 3.8) is 0 Å². The number of hydrogen-bond acceptors (Lipinski definition) is 4. The van der Waals surface area contributed by atoms with Crippen LogP contribution >= 0.6 is 11.8 Å². The lowest BCUT2D eigenvalue weighted by Gasteiger charge is -2.19. The van der Waals surface area contributed by atoms with Gasteiger partial charge in [0.25, 0.3) is 5.91 Å². The van der Waals surface area contributed by atoms with Gasteiger partial charge in [0, 0.05) is 36.1 Å². The van der Waals surface area contributed by atoms with Crippen molar-refractivity contribution in [3.05, 3.63) is 108 Å². The van der Waals surface area contributed by atoms with Gasteiger partial charge >= 0.3 is 0 Å². The number of benzene rings is 2. The molecule has 0 saturated heterocycles. The molecule has 1 N–H and O–H groups in total. The molecule has 0 bridgehead atoms. The molecule has 7 heteroatoms. The number of carbonyl (C=O) groups is 1. The van der Waals surface area contributed by atoms with Crippen LogP contribution in [0.15, 0.2) is 95.2 Å². The summed E-state index contributed by atoms with van der Waals surface area (Å²) >= 11 is 1.53. The zero-order valence-corrected chi connectivity index (χ0v) is 17.0. The van der Waals surface area contributed by atoms with E-state index in [1.807, 2.05) is 48.1 Å². The summed E-state index contributed by atoms with van der Waals surface area (Å²) in [4.78, 5) is 22.6. The van der Waals surface area contributed by atoms with Crippen molar-refractivity contribution in [2.24, 2.45) is 7.05 Å². The maximum Gasteiger partial charge on any atom is 0.252 e. The van der Waals surface area contributed by atoms with Gasteiger partial charge in [0.05, 0.1) is 0 Å². The summed E-state index contributed by atoms with van der Waals surface area (Å²) in [5, 5.41) is 3.91. The molecular formula is C23H19FN4OS. The molecule has 1 atom stereocenters. The monoisotopic (exact) mass is 418 g/mol. The van der Waals surface area contributed by atoms with Gasteiger partial charge in [-0.3, -0.25) is 4.79 Å². The van der Waals surface area contributed by atoms with Crippen molar-refractivity contribution in [3.8, 4) is 0 Å². The molecule has 4 aromatic rings. The van der Waals surface area contributed by atoms with E-state index in [2.05, 4.69) is 15.3 Å². The zero-order valence-electron chi connectivity index (χ0n) is 16.2. The quantitative estimate of drug-likeness (QED) is 0.496. The van der Waals surface area contributed by atoms with Crippen LogP contribution in [0, 0.1) is 5.82 Å². The summed E-state index contributed by atoms with van der Waals surface area (Å²) in [6.07, 6.45) is 5.22. The lowest BCUT2D eigenvalue weighted by atomic mass is 10.1. The highest BCUT2D eigenvalue weighted by molar-refractivity contribution is 7.99. The Morgan fingerprint density at radius 3 is 2.40 bits per heavy atom. The minimum atomic E-state index is -0.499. The third kappa shape index (κ3) is 4.58. The van der Waals surface area contributed by atoms with E-state index < -0.39 is 6.04 Å². The van der Waals surface area contributed by atoms with E-state index in [1.165, 1.54) is 23.9 Å². The Hall–Kier alpha value is -3.45. The van der Waals surface area contributed by atoms with Gasteiger partial charge in [-0.15, -0.1) is 0 Å². The summed E-state index contributed by atoms with van der Waals surface area (Å²) in [7, 11) is 1.86. The predicted octanol–water partition coefficient (Wildman–Crippen LogP) is 4.62. The molecule has 0 radical (unpaired) electrons. The van der Waals surface area contributed by atoms with Gasteiger partial charge in [-0.2, -0.15) is 0 Å². The fourth-order valence-electron chi connectivity index (χ4n) is 3.02. The third-order valence-electron chi connectivity index (χ3n) is 4.57. The number of carbonyl (C=O) groups excluding carboxylic acids is 1. The fourth-order valence-corrected chi connectivity index (χ4v) is 3.80. The number of hydrogen-bond donors (Lipinski definition) is 1. The molecule has 4 rings (SSSR count). The van der Waals surface area contributed by atoms with Gasteiger partial charge in [-0.1, -0.05) is 30.0 Å². The number of nitrogens with zero attached hydrogens (tertiary/aromatic N) is 3. The van der Waals surface area contributed by atoms with Crippen molar-refractivity contribution in [2.45, 2.75) is 16.0 Å². The molecule has 150 valence electrons. The van der Waals surface area contributed by atoms with Gasteiger partial charge in [-0.05, 0) is 54.1 Å². The van der Waals surface area contributed by atoms with E-state index in [0.29, 0.717) is 11.4 Å². The second-order valence-electron chi connectivity index (χ2n) is 6.65. The average Bonchev–Trinajstić information content (AvgIpc) is 3.19. The van der Waals surface area contributed by atoms with Gasteiger partial charge in [0.15, 0.2) is 0 Å². The van der Waals surface area contributed by atoms with Gasteiger partial charge in [0.1, 0.15) is 22.7 Å². The Morgan fingerprint density at radius 2 is 1.77 bits per heavy atom. The third-order valence-corrected chi connectivity index (χ3v) is 5.53. The van der Waals surface area contributed by atoms with E-state index in [9.17, 15) is 9.18 Å². The van der Waals surface area contributed by atoms with Crippen molar-refractivity contribution in [1.29, 1.82) is 0 Å². The highest BCUT2D eigenvalue weighted by Crippen LogP contribution is 2.26. The molecular weight excluding hydrogens is 399 g/mol. The first-order chi connectivity index (χ1) is 14.6. The molecule has 2 aromatic heterocycles. The number of imidazole rings is 1. The van der Waals surface area contributed by atoms with Crippen LogP contribution in [0.3, 0.4) is 0 Å². The summed E-state index contributed by atoms with van der Waals surface area (Å²) in [6, 6.07) is 18.6. The van der Waals surface area contributed by atoms with Crippen molar-refractivity contribution >= 4 is 17.7 Å². The number of aryl methyl sites for hydroxylation is 1. The highest BCUT2D eigenvalue weighted by Gasteiger charge is 2.21. The molecule has 0 aliphatic carbocycles. The Morgan fingerprint density at radius 1 is 1.00 bits per heavy atom. The summed E-state index contributed by atoms with van der Waals surface area (Å²) in [5.74, 6) is 0.101. The number of halogens is 1. The minimum absolute atomic E-state index is 0.235. The van der Waals surface area contributed by atoms with Gasteiger partial charge in [0.2, 0.25) is 0 Å². The SMILES string of the molecule is Cn1ccnc1C(NC(=O)c1ccc(Sc2ccccn2)cc1)c1ccc(F)cc1. The van der Waals surface area contributed by atoms with Crippen LogP contribution in [0.4, 0.5) is 4.39 Å². The molecule has 0 fully saturated rings. The van der Waals surface area contributed by atoms with Crippen LogP contribution in [0.5, 0.6) is 0 Å². The number of aromatic nitrogens is 3. The van der Waals surface area contributed by atoms with E-state index in [1.54, 1.807) is 36.7 Å². The molecule has 30 heavy (non-hydrogen) atoms. The van der Waals surface area contributed by atoms with Gasteiger partial charge in [-0.25, -0.2) is 14.4 Å². The second kappa shape index (κ2) is 8.92. The summed E-state index contributed by atoms with van der Waals surface area (Å²) in [5.41, 5.74) is 1.28. The Labute approximate surface area is 178 Å². The fraction of sp³-hybridized carbons (Fsp3) is 0.0870. The van der Waals surface area contributed by atoms with Crippen molar-refractivity contribution in [1.82, 2.24) is 19.9 Å². The van der Waals surface area contributed by atoms with Gasteiger partial charge < -0.3 is 9.88 Å².